The number of nitrogens with one attached hydrogen (secondary N) is 1. The van der Waals surface area contributed by atoms with Crippen LogP contribution >= 0.6 is 24.0 Å². The molecule has 1 fully saturated rings. The summed E-state index contributed by atoms with van der Waals surface area (Å²) in [6.07, 6.45) is 2.79. The SMILES string of the molecule is O=C(CCCCCN1C(=O)/C(=C/C=C/c2ccccc2)SC1=S)Nc1ccccc1C(F)(F)F. The Kier molecular flexibility index (Phi) is 9.06. The Morgan fingerprint density at radius 2 is 1.74 bits per heavy atom. The number of amides is 2. The molecule has 3 rings (SSSR count). The van der Waals surface area contributed by atoms with E-state index in [0.29, 0.717) is 35.0 Å². The minimum Gasteiger partial charge on any atom is -0.326 e. The highest BCUT2D eigenvalue weighted by atomic mass is 32.2. The molecule has 178 valence electrons. The molecular weight excluding hydrogens is 481 g/mol. The van der Waals surface area contributed by atoms with E-state index in [2.05, 4.69) is 5.32 Å². The van der Waals surface area contributed by atoms with Crippen LogP contribution in [0.5, 0.6) is 0 Å². The van der Waals surface area contributed by atoms with Gasteiger partial charge in [0.2, 0.25) is 5.91 Å². The van der Waals surface area contributed by atoms with Gasteiger partial charge in [0.1, 0.15) is 4.32 Å². The van der Waals surface area contributed by atoms with E-state index in [1.807, 2.05) is 42.5 Å². The summed E-state index contributed by atoms with van der Waals surface area (Å²) in [5.74, 6) is -0.621. The number of anilines is 1. The van der Waals surface area contributed by atoms with Crippen molar-refractivity contribution in [1.82, 2.24) is 4.90 Å². The predicted molar refractivity (Wildman–Crippen MR) is 134 cm³/mol. The lowest BCUT2D eigenvalue weighted by Gasteiger charge is -2.14. The largest absolute Gasteiger partial charge is 0.418 e. The number of alkyl halides is 3. The fourth-order valence-corrected chi connectivity index (χ4v) is 4.56. The molecule has 2 amide bonds. The average molecular weight is 505 g/mol. The van der Waals surface area contributed by atoms with Gasteiger partial charge in [0, 0.05) is 13.0 Å². The molecule has 1 aliphatic heterocycles. The standard InChI is InChI=1S/C25H23F3N2O2S2/c26-25(27,28)19-13-6-7-14-20(19)29-22(31)16-5-2-8-17-30-23(32)21(34-24(30)33)15-9-12-18-10-3-1-4-11-18/h1,3-4,6-7,9-15H,2,5,8,16-17H2,(H,29,31)/b12-9+,21-15-. The molecule has 0 bridgehead atoms. The third kappa shape index (κ3) is 7.30. The number of thioether (sulfide) groups is 1. The van der Waals surface area contributed by atoms with Crippen LogP contribution in [0.4, 0.5) is 18.9 Å². The molecule has 9 heteroatoms. The first-order valence-corrected chi connectivity index (χ1v) is 11.9. The van der Waals surface area contributed by atoms with Gasteiger partial charge in [-0.05, 0) is 36.6 Å². The molecule has 0 aliphatic carbocycles. The molecule has 0 atom stereocenters. The molecule has 0 saturated carbocycles. The zero-order chi connectivity index (χ0) is 24.6. The summed E-state index contributed by atoms with van der Waals surface area (Å²) in [6, 6.07) is 14.6. The van der Waals surface area contributed by atoms with Gasteiger partial charge in [-0.25, -0.2) is 0 Å². The Labute approximate surface area is 205 Å². The van der Waals surface area contributed by atoms with Crippen molar-refractivity contribution in [2.75, 3.05) is 11.9 Å². The van der Waals surface area contributed by atoms with Crippen LogP contribution in [-0.2, 0) is 15.8 Å². The first-order valence-electron chi connectivity index (χ1n) is 10.7. The van der Waals surface area contributed by atoms with Gasteiger partial charge in [-0.2, -0.15) is 13.2 Å². The summed E-state index contributed by atoms with van der Waals surface area (Å²) in [6.45, 7) is 0.433. The van der Waals surface area contributed by atoms with Crippen LogP contribution in [0, 0.1) is 0 Å². The van der Waals surface area contributed by atoms with Crippen molar-refractivity contribution in [3.8, 4) is 0 Å². The lowest BCUT2D eigenvalue weighted by Crippen LogP contribution is -2.29. The molecule has 1 saturated heterocycles. The summed E-state index contributed by atoms with van der Waals surface area (Å²) in [5, 5.41) is 2.34. The van der Waals surface area contributed by atoms with Gasteiger partial charge >= 0.3 is 6.18 Å². The molecule has 1 heterocycles. The van der Waals surface area contributed by atoms with Gasteiger partial charge in [0.05, 0.1) is 16.2 Å². The molecule has 0 radical (unpaired) electrons. The average Bonchev–Trinajstić information content (AvgIpc) is 3.06. The highest BCUT2D eigenvalue weighted by molar-refractivity contribution is 8.26. The number of thiocarbonyl (C=S) groups is 1. The second-order valence-electron chi connectivity index (χ2n) is 7.53. The number of hydrogen-bond acceptors (Lipinski definition) is 4. The number of halogens is 3. The summed E-state index contributed by atoms with van der Waals surface area (Å²) < 4.78 is 39.6. The number of rotatable bonds is 9. The van der Waals surface area contributed by atoms with E-state index in [1.54, 1.807) is 11.0 Å². The Morgan fingerprint density at radius 1 is 1.03 bits per heavy atom. The molecule has 4 nitrogen and oxygen atoms in total. The smallest absolute Gasteiger partial charge is 0.326 e. The quantitative estimate of drug-likeness (QED) is 0.236. The number of para-hydroxylation sites is 1. The topological polar surface area (TPSA) is 49.4 Å². The normalized spacial score (nSPS) is 15.5. The molecule has 0 unspecified atom stereocenters. The van der Waals surface area contributed by atoms with Crippen molar-refractivity contribution in [2.45, 2.75) is 31.9 Å². The van der Waals surface area contributed by atoms with Crippen molar-refractivity contribution in [3.63, 3.8) is 0 Å². The maximum absolute atomic E-state index is 13.0. The molecular formula is C25H23F3N2O2S2. The van der Waals surface area contributed by atoms with Crippen LogP contribution in [0.2, 0.25) is 0 Å². The van der Waals surface area contributed by atoms with Crippen molar-refractivity contribution >= 4 is 51.9 Å². The van der Waals surface area contributed by atoms with Gasteiger partial charge in [-0.15, -0.1) is 0 Å². The fraction of sp³-hybridized carbons (Fsp3) is 0.240. The minimum absolute atomic E-state index is 0.0920. The van der Waals surface area contributed by atoms with Crippen molar-refractivity contribution < 1.29 is 22.8 Å². The van der Waals surface area contributed by atoms with E-state index in [4.69, 9.17) is 12.2 Å². The summed E-state index contributed by atoms with van der Waals surface area (Å²) in [5.41, 5.74) is -0.0878. The molecule has 1 aliphatic rings. The molecule has 0 spiro atoms. The molecule has 2 aromatic carbocycles. The van der Waals surface area contributed by atoms with Crippen molar-refractivity contribution in [2.24, 2.45) is 0 Å². The predicted octanol–water partition coefficient (Wildman–Crippen LogP) is 6.66. The lowest BCUT2D eigenvalue weighted by atomic mass is 10.1. The maximum atomic E-state index is 13.0. The Balaban J connectivity index is 1.41. The van der Waals surface area contributed by atoms with E-state index >= 15 is 0 Å². The van der Waals surface area contributed by atoms with E-state index < -0.39 is 17.6 Å². The molecule has 2 aromatic rings. The first kappa shape index (κ1) is 25.7. The molecule has 1 N–H and O–H groups in total. The number of carbonyl (C=O) groups excluding carboxylic acids is 2. The van der Waals surface area contributed by atoms with Crippen LogP contribution in [0.25, 0.3) is 6.08 Å². The van der Waals surface area contributed by atoms with Gasteiger partial charge in [-0.3, -0.25) is 14.5 Å². The summed E-state index contributed by atoms with van der Waals surface area (Å²) in [7, 11) is 0. The van der Waals surface area contributed by atoms with Gasteiger partial charge < -0.3 is 5.32 Å². The molecule has 34 heavy (non-hydrogen) atoms. The van der Waals surface area contributed by atoms with Gasteiger partial charge in [0.25, 0.3) is 5.91 Å². The van der Waals surface area contributed by atoms with Crippen LogP contribution in [-0.4, -0.2) is 27.6 Å². The van der Waals surface area contributed by atoms with Crippen molar-refractivity contribution in [1.29, 1.82) is 0 Å². The summed E-state index contributed by atoms with van der Waals surface area (Å²) >= 11 is 6.57. The van der Waals surface area contributed by atoms with Gasteiger partial charge in [0.15, 0.2) is 0 Å². The number of hydrogen-bond donors (Lipinski definition) is 1. The Morgan fingerprint density at radius 3 is 2.47 bits per heavy atom. The number of unbranched alkanes of at least 4 members (excludes halogenated alkanes) is 2. The third-order valence-electron chi connectivity index (χ3n) is 5.00. The van der Waals surface area contributed by atoms with E-state index in [1.165, 1.54) is 30.0 Å². The van der Waals surface area contributed by atoms with Crippen LogP contribution in [0.3, 0.4) is 0 Å². The van der Waals surface area contributed by atoms with Crippen LogP contribution < -0.4 is 5.32 Å². The highest BCUT2D eigenvalue weighted by Gasteiger charge is 2.33. The van der Waals surface area contributed by atoms with Gasteiger partial charge in [-0.1, -0.05) is 85.0 Å². The minimum atomic E-state index is -4.53. The number of nitrogens with zero attached hydrogens (tertiary/aromatic N) is 1. The first-order chi connectivity index (χ1) is 16.3. The monoisotopic (exact) mass is 504 g/mol. The van der Waals surface area contributed by atoms with E-state index in [-0.39, 0.29) is 18.0 Å². The fourth-order valence-electron chi connectivity index (χ4n) is 3.30. The maximum Gasteiger partial charge on any atom is 0.418 e. The number of benzene rings is 2. The zero-order valence-corrected chi connectivity index (χ0v) is 19.8. The van der Waals surface area contributed by atoms with Crippen molar-refractivity contribution in [3.05, 3.63) is 82.8 Å². The number of allylic oxidation sites excluding steroid dienone is 2. The lowest BCUT2D eigenvalue weighted by molar-refractivity contribution is -0.137. The molecule has 0 aromatic heterocycles. The van der Waals surface area contributed by atoms with Crippen LogP contribution in [0.1, 0.15) is 36.8 Å². The Hall–Kier alpha value is -2.91. The van der Waals surface area contributed by atoms with E-state index in [0.717, 1.165) is 11.6 Å². The summed E-state index contributed by atoms with van der Waals surface area (Å²) in [4.78, 5) is 26.8. The second-order valence-corrected chi connectivity index (χ2v) is 9.20. The second kappa shape index (κ2) is 12.0. The Bertz CT molecular complexity index is 1100. The zero-order valence-electron chi connectivity index (χ0n) is 18.2. The third-order valence-corrected chi connectivity index (χ3v) is 6.40. The number of carbonyl (C=O) groups is 2. The van der Waals surface area contributed by atoms with E-state index in [9.17, 15) is 22.8 Å². The highest BCUT2D eigenvalue weighted by Crippen LogP contribution is 2.34. The van der Waals surface area contributed by atoms with Crippen LogP contribution in [0.15, 0.2) is 71.7 Å².